The second-order valence-electron chi connectivity index (χ2n) is 7.23. The van der Waals surface area contributed by atoms with Crippen molar-refractivity contribution in [3.05, 3.63) is 87.3 Å². The summed E-state index contributed by atoms with van der Waals surface area (Å²) in [6.07, 6.45) is 0.615. The van der Waals surface area contributed by atoms with Crippen LogP contribution in [0.25, 0.3) is 0 Å². The van der Waals surface area contributed by atoms with Crippen molar-refractivity contribution in [3.8, 4) is 0 Å². The van der Waals surface area contributed by atoms with Crippen LogP contribution in [0.1, 0.15) is 16.8 Å². The molecule has 0 spiro atoms. The Morgan fingerprint density at radius 3 is 2.74 bits per heavy atom. The van der Waals surface area contributed by atoms with Gasteiger partial charge in [-0.25, -0.2) is 13.8 Å². The number of nitrogens with one attached hydrogen (secondary N) is 2. The number of aromatic amines is 1. The fourth-order valence-corrected chi connectivity index (χ4v) is 4.09. The molecule has 160 valence electrons. The Balaban J connectivity index is 1.37. The number of anilines is 1. The van der Waals surface area contributed by atoms with Crippen molar-refractivity contribution >= 4 is 23.4 Å². The number of nitrogens with zero attached hydrogens (tertiary/aromatic N) is 2. The largest absolute Gasteiger partial charge is 0.325 e. The standard InChI is InChI=1S/C22H20F2N4O2S/c23-15-6-4-14(5-7-15)11-28-9-8-19-18(12-28)21(30)27-22(26-19)31-13-20(29)25-17-3-1-2-16(24)10-17/h1-7,10H,8-9,11-13H2,(H,25,29)(H,26,27,30). The van der Waals surface area contributed by atoms with Crippen LogP contribution in [0.15, 0.2) is 58.5 Å². The molecule has 3 aromatic rings. The van der Waals surface area contributed by atoms with Crippen LogP contribution in [0, 0.1) is 11.6 Å². The van der Waals surface area contributed by atoms with E-state index in [9.17, 15) is 18.4 Å². The van der Waals surface area contributed by atoms with E-state index in [1.165, 1.54) is 30.3 Å². The molecule has 1 aliphatic heterocycles. The third kappa shape index (κ3) is 5.56. The van der Waals surface area contributed by atoms with Crippen LogP contribution in [0.5, 0.6) is 0 Å². The van der Waals surface area contributed by atoms with Crippen molar-refractivity contribution in [1.82, 2.24) is 14.9 Å². The Kier molecular flexibility index (Phi) is 6.43. The smallest absolute Gasteiger partial charge is 0.256 e. The van der Waals surface area contributed by atoms with Crippen LogP contribution >= 0.6 is 11.8 Å². The SMILES string of the molecule is O=C(CSc1nc2c(c(=O)[nH]1)CN(Cc1ccc(F)cc1)CC2)Nc1cccc(F)c1. The van der Waals surface area contributed by atoms with Crippen molar-refractivity contribution in [2.75, 3.05) is 17.6 Å². The van der Waals surface area contributed by atoms with Gasteiger partial charge in [-0.1, -0.05) is 30.0 Å². The summed E-state index contributed by atoms with van der Waals surface area (Å²) >= 11 is 1.12. The summed E-state index contributed by atoms with van der Waals surface area (Å²) in [5.74, 6) is -0.987. The molecular weight excluding hydrogens is 422 g/mol. The predicted octanol–water partition coefficient (Wildman–Crippen LogP) is 3.34. The van der Waals surface area contributed by atoms with E-state index < -0.39 is 5.82 Å². The second-order valence-corrected chi connectivity index (χ2v) is 8.19. The molecule has 0 aliphatic carbocycles. The summed E-state index contributed by atoms with van der Waals surface area (Å²) in [7, 11) is 0. The second kappa shape index (κ2) is 9.40. The number of carbonyl (C=O) groups excluding carboxylic acids is 1. The van der Waals surface area contributed by atoms with E-state index in [0.717, 1.165) is 29.6 Å². The molecule has 6 nitrogen and oxygen atoms in total. The molecule has 0 atom stereocenters. The summed E-state index contributed by atoms with van der Waals surface area (Å²) in [5, 5.41) is 2.99. The van der Waals surface area contributed by atoms with Gasteiger partial charge in [0.2, 0.25) is 5.91 Å². The van der Waals surface area contributed by atoms with E-state index in [0.29, 0.717) is 35.9 Å². The quantitative estimate of drug-likeness (QED) is 0.452. The fraction of sp³-hybridized carbons (Fsp3) is 0.227. The Hall–Kier alpha value is -3.04. The van der Waals surface area contributed by atoms with Gasteiger partial charge in [-0.3, -0.25) is 14.5 Å². The monoisotopic (exact) mass is 442 g/mol. The highest BCUT2D eigenvalue weighted by Gasteiger charge is 2.21. The summed E-state index contributed by atoms with van der Waals surface area (Å²) in [4.78, 5) is 34.0. The van der Waals surface area contributed by atoms with Crippen LogP contribution in [-0.4, -0.2) is 33.1 Å². The zero-order valence-electron chi connectivity index (χ0n) is 16.5. The highest BCUT2D eigenvalue weighted by molar-refractivity contribution is 7.99. The number of carbonyl (C=O) groups is 1. The molecule has 2 aromatic carbocycles. The lowest BCUT2D eigenvalue weighted by Gasteiger charge is -2.27. The van der Waals surface area contributed by atoms with Gasteiger partial charge in [-0.15, -0.1) is 0 Å². The van der Waals surface area contributed by atoms with E-state index in [4.69, 9.17) is 0 Å². The lowest BCUT2D eigenvalue weighted by molar-refractivity contribution is -0.113. The molecule has 0 unspecified atom stereocenters. The molecular formula is C22H20F2N4O2S. The van der Waals surface area contributed by atoms with Crippen molar-refractivity contribution in [2.45, 2.75) is 24.7 Å². The number of hydrogen-bond donors (Lipinski definition) is 2. The van der Waals surface area contributed by atoms with Crippen LogP contribution in [0.2, 0.25) is 0 Å². The normalized spacial score (nSPS) is 13.6. The highest BCUT2D eigenvalue weighted by Crippen LogP contribution is 2.20. The molecule has 4 rings (SSSR count). The summed E-state index contributed by atoms with van der Waals surface area (Å²) < 4.78 is 26.3. The molecule has 1 aromatic heterocycles. The molecule has 2 heterocycles. The minimum Gasteiger partial charge on any atom is -0.325 e. The number of aromatic nitrogens is 2. The molecule has 0 radical (unpaired) electrons. The van der Waals surface area contributed by atoms with Gasteiger partial charge < -0.3 is 10.3 Å². The summed E-state index contributed by atoms with van der Waals surface area (Å²) in [5.41, 5.74) is 2.47. The zero-order valence-corrected chi connectivity index (χ0v) is 17.3. The van der Waals surface area contributed by atoms with Gasteiger partial charge in [0, 0.05) is 31.7 Å². The minimum atomic E-state index is -0.431. The lowest BCUT2D eigenvalue weighted by atomic mass is 10.1. The fourth-order valence-electron chi connectivity index (χ4n) is 3.41. The summed E-state index contributed by atoms with van der Waals surface area (Å²) in [6.45, 7) is 1.81. The zero-order chi connectivity index (χ0) is 21.8. The van der Waals surface area contributed by atoms with Crippen molar-refractivity contribution in [1.29, 1.82) is 0 Å². The third-order valence-electron chi connectivity index (χ3n) is 4.89. The van der Waals surface area contributed by atoms with Gasteiger partial charge >= 0.3 is 0 Å². The molecule has 0 saturated heterocycles. The maximum Gasteiger partial charge on any atom is 0.256 e. The van der Waals surface area contributed by atoms with E-state index in [-0.39, 0.29) is 23.0 Å². The number of rotatable bonds is 6. The number of fused-ring (bicyclic) bond motifs is 1. The first-order valence-corrected chi connectivity index (χ1v) is 10.7. The van der Waals surface area contributed by atoms with Crippen molar-refractivity contribution < 1.29 is 13.6 Å². The topological polar surface area (TPSA) is 78.1 Å². The van der Waals surface area contributed by atoms with Crippen LogP contribution in [0.4, 0.5) is 14.5 Å². The number of amides is 1. The Morgan fingerprint density at radius 1 is 1.16 bits per heavy atom. The number of halogens is 2. The predicted molar refractivity (Wildman–Crippen MR) is 115 cm³/mol. The number of thioether (sulfide) groups is 1. The number of H-pyrrole nitrogens is 1. The maximum absolute atomic E-state index is 13.2. The van der Waals surface area contributed by atoms with Crippen LogP contribution in [-0.2, 0) is 24.3 Å². The number of hydrogen-bond acceptors (Lipinski definition) is 5. The van der Waals surface area contributed by atoms with Crippen LogP contribution in [0.3, 0.4) is 0 Å². The van der Waals surface area contributed by atoms with Crippen molar-refractivity contribution in [3.63, 3.8) is 0 Å². The van der Waals surface area contributed by atoms with E-state index in [2.05, 4.69) is 20.2 Å². The third-order valence-corrected chi connectivity index (χ3v) is 5.77. The van der Waals surface area contributed by atoms with Crippen LogP contribution < -0.4 is 10.9 Å². The van der Waals surface area contributed by atoms with Gasteiger partial charge in [-0.05, 0) is 35.9 Å². The molecule has 1 amide bonds. The first-order valence-electron chi connectivity index (χ1n) is 9.73. The Labute approximate surface area is 181 Å². The summed E-state index contributed by atoms with van der Waals surface area (Å²) in [6, 6.07) is 12.0. The van der Waals surface area contributed by atoms with E-state index in [1.54, 1.807) is 18.2 Å². The molecule has 2 N–H and O–H groups in total. The lowest BCUT2D eigenvalue weighted by Crippen LogP contribution is -2.35. The van der Waals surface area contributed by atoms with Gasteiger partial charge in [0.15, 0.2) is 5.16 Å². The van der Waals surface area contributed by atoms with Gasteiger partial charge in [0.05, 0.1) is 17.0 Å². The first-order chi connectivity index (χ1) is 15.0. The molecule has 31 heavy (non-hydrogen) atoms. The average molecular weight is 442 g/mol. The molecule has 9 heteroatoms. The Bertz CT molecular complexity index is 1150. The van der Waals surface area contributed by atoms with Gasteiger partial charge in [0.25, 0.3) is 5.56 Å². The minimum absolute atomic E-state index is 0.0366. The average Bonchev–Trinajstić information content (AvgIpc) is 2.74. The first kappa shape index (κ1) is 21.2. The van der Waals surface area contributed by atoms with E-state index in [1.807, 2.05) is 0 Å². The molecule has 0 fully saturated rings. The van der Waals surface area contributed by atoms with Gasteiger partial charge in [-0.2, -0.15) is 0 Å². The Morgan fingerprint density at radius 2 is 1.97 bits per heavy atom. The maximum atomic E-state index is 13.2. The molecule has 0 bridgehead atoms. The van der Waals surface area contributed by atoms with E-state index >= 15 is 0 Å². The molecule has 0 saturated carbocycles. The number of benzene rings is 2. The highest BCUT2D eigenvalue weighted by atomic mass is 32.2. The van der Waals surface area contributed by atoms with Gasteiger partial charge in [0.1, 0.15) is 11.6 Å². The molecule has 1 aliphatic rings. The van der Waals surface area contributed by atoms with Crippen molar-refractivity contribution in [2.24, 2.45) is 0 Å².